The molecule has 1 saturated heterocycles. The van der Waals surface area contributed by atoms with E-state index in [2.05, 4.69) is 19.2 Å². The van der Waals surface area contributed by atoms with Gasteiger partial charge in [0.15, 0.2) is 11.5 Å². The summed E-state index contributed by atoms with van der Waals surface area (Å²) in [6.45, 7) is 5.28. The van der Waals surface area contributed by atoms with E-state index in [1.165, 1.54) is 0 Å². The van der Waals surface area contributed by atoms with Gasteiger partial charge in [0.05, 0.1) is 7.11 Å². The van der Waals surface area contributed by atoms with E-state index in [1.807, 2.05) is 24.3 Å². The Hall–Kier alpha value is -1.22. The largest absolute Gasteiger partial charge is 0.493 e. The van der Waals surface area contributed by atoms with Crippen LogP contribution in [0, 0.1) is 0 Å². The van der Waals surface area contributed by atoms with Crippen LogP contribution < -0.4 is 14.8 Å². The quantitative estimate of drug-likeness (QED) is 0.849. The van der Waals surface area contributed by atoms with Gasteiger partial charge in [-0.05, 0) is 26.0 Å². The Morgan fingerprint density at radius 1 is 1.25 bits per heavy atom. The summed E-state index contributed by atoms with van der Waals surface area (Å²) in [4.78, 5) is 0. The minimum Gasteiger partial charge on any atom is -0.493 e. The molecule has 0 amide bonds. The number of hydrogen-bond donors (Lipinski definition) is 1. The summed E-state index contributed by atoms with van der Waals surface area (Å²) in [6.07, 6.45) is 1.25. The molecule has 3 heteroatoms. The lowest BCUT2D eigenvalue weighted by Gasteiger charge is -2.18. The molecule has 1 aromatic carbocycles. The van der Waals surface area contributed by atoms with Crippen molar-refractivity contribution in [1.82, 2.24) is 5.32 Å². The van der Waals surface area contributed by atoms with Crippen molar-refractivity contribution >= 4 is 0 Å². The molecule has 0 saturated carbocycles. The van der Waals surface area contributed by atoms with E-state index in [1.54, 1.807) is 7.11 Å². The maximum Gasteiger partial charge on any atom is 0.161 e. The van der Waals surface area contributed by atoms with Gasteiger partial charge in [0.1, 0.15) is 6.10 Å². The highest BCUT2D eigenvalue weighted by Crippen LogP contribution is 2.29. The first-order valence-electron chi connectivity index (χ1n) is 5.65. The maximum atomic E-state index is 5.95. The second-order valence-corrected chi connectivity index (χ2v) is 4.86. The summed E-state index contributed by atoms with van der Waals surface area (Å²) >= 11 is 0. The lowest BCUT2D eigenvalue weighted by atomic mass is 10.0. The highest BCUT2D eigenvalue weighted by molar-refractivity contribution is 5.39. The standard InChI is InChI=1S/C13H19NO2/c1-13(2)8-10(9-14-13)16-12-7-5-4-6-11(12)15-3/h4-7,10,14H,8-9H2,1-3H3. The van der Waals surface area contributed by atoms with Crippen LogP contribution in [0.4, 0.5) is 0 Å². The molecule has 0 spiro atoms. The molecule has 2 rings (SSSR count). The number of methoxy groups -OCH3 is 1. The Morgan fingerprint density at radius 2 is 1.94 bits per heavy atom. The predicted octanol–water partition coefficient (Wildman–Crippen LogP) is 2.21. The first kappa shape index (κ1) is 11.3. The van der Waals surface area contributed by atoms with Crippen LogP contribution in [0.15, 0.2) is 24.3 Å². The van der Waals surface area contributed by atoms with Crippen molar-refractivity contribution in [3.8, 4) is 11.5 Å². The minimum absolute atomic E-state index is 0.173. The third kappa shape index (κ3) is 2.47. The van der Waals surface area contributed by atoms with Gasteiger partial charge in [0, 0.05) is 18.5 Å². The van der Waals surface area contributed by atoms with Crippen molar-refractivity contribution in [2.45, 2.75) is 31.9 Å². The van der Waals surface area contributed by atoms with Crippen LogP contribution in [0.1, 0.15) is 20.3 Å². The molecular formula is C13H19NO2. The van der Waals surface area contributed by atoms with E-state index in [0.29, 0.717) is 0 Å². The van der Waals surface area contributed by atoms with E-state index in [0.717, 1.165) is 24.5 Å². The summed E-state index contributed by atoms with van der Waals surface area (Å²) in [5.74, 6) is 1.63. The molecule has 1 fully saturated rings. The monoisotopic (exact) mass is 221 g/mol. The van der Waals surface area contributed by atoms with E-state index >= 15 is 0 Å². The Balaban J connectivity index is 2.04. The fourth-order valence-corrected chi connectivity index (χ4v) is 2.08. The second kappa shape index (κ2) is 4.34. The van der Waals surface area contributed by atoms with Crippen LogP contribution in [0.2, 0.25) is 0 Å². The number of benzene rings is 1. The summed E-state index contributed by atoms with van der Waals surface area (Å²) < 4.78 is 11.2. The fourth-order valence-electron chi connectivity index (χ4n) is 2.08. The van der Waals surface area contributed by atoms with Gasteiger partial charge in [-0.3, -0.25) is 0 Å². The normalized spacial score (nSPS) is 23.1. The molecule has 1 aromatic rings. The van der Waals surface area contributed by atoms with Crippen LogP contribution in [0.3, 0.4) is 0 Å². The maximum absolute atomic E-state index is 5.95. The van der Waals surface area contributed by atoms with Crippen molar-refractivity contribution in [1.29, 1.82) is 0 Å². The molecule has 0 aliphatic carbocycles. The van der Waals surface area contributed by atoms with Crippen LogP contribution in [0.25, 0.3) is 0 Å². The Labute approximate surface area is 96.8 Å². The highest BCUT2D eigenvalue weighted by Gasteiger charge is 2.31. The van der Waals surface area contributed by atoms with E-state index < -0.39 is 0 Å². The zero-order valence-electron chi connectivity index (χ0n) is 10.1. The number of ether oxygens (including phenoxy) is 2. The van der Waals surface area contributed by atoms with Gasteiger partial charge in [-0.2, -0.15) is 0 Å². The molecule has 1 atom stereocenters. The van der Waals surface area contributed by atoms with Crippen LogP contribution in [-0.2, 0) is 0 Å². The molecule has 0 aromatic heterocycles. The molecule has 16 heavy (non-hydrogen) atoms. The first-order chi connectivity index (χ1) is 7.61. The molecule has 3 nitrogen and oxygen atoms in total. The lowest BCUT2D eigenvalue weighted by Crippen LogP contribution is -2.31. The molecular weight excluding hydrogens is 202 g/mol. The zero-order chi connectivity index (χ0) is 11.6. The Bertz CT molecular complexity index is 363. The topological polar surface area (TPSA) is 30.5 Å². The van der Waals surface area contributed by atoms with Gasteiger partial charge in [-0.25, -0.2) is 0 Å². The number of para-hydroxylation sites is 2. The fraction of sp³-hybridized carbons (Fsp3) is 0.538. The van der Waals surface area contributed by atoms with Crippen LogP contribution in [-0.4, -0.2) is 25.3 Å². The van der Waals surface area contributed by atoms with Crippen LogP contribution in [0.5, 0.6) is 11.5 Å². The van der Waals surface area contributed by atoms with E-state index in [9.17, 15) is 0 Å². The van der Waals surface area contributed by atoms with Crippen molar-refractivity contribution in [3.05, 3.63) is 24.3 Å². The Morgan fingerprint density at radius 3 is 2.50 bits per heavy atom. The van der Waals surface area contributed by atoms with Gasteiger partial charge in [-0.1, -0.05) is 12.1 Å². The summed E-state index contributed by atoms with van der Waals surface area (Å²) in [5.41, 5.74) is 0.173. The molecule has 1 aliphatic heterocycles. The van der Waals surface area contributed by atoms with Crippen LogP contribution >= 0.6 is 0 Å². The smallest absolute Gasteiger partial charge is 0.161 e. The van der Waals surface area contributed by atoms with Crippen molar-refractivity contribution in [3.63, 3.8) is 0 Å². The molecule has 0 bridgehead atoms. The summed E-state index contributed by atoms with van der Waals surface area (Å²) in [7, 11) is 1.67. The van der Waals surface area contributed by atoms with Gasteiger partial charge in [0.25, 0.3) is 0 Å². The van der Waals surface area contributed by atoms with Gasteiger partial charge < -0.3 is 14.8 Å². The SMILES string of the molecule is COc1ccccc1OC1CNC(C)(C)C1. The minimum atomic E-state index is 0.173. The lowest BCUT2D eigenvalue weighted by molar-refractivity contribution is 0.205. The third-order valence-corrected chi connectivity index (χ3v) is 2.91. The predicted molar refractivity (Wildman–Crippen MR) is 64.1 cm³/mol. The number of hydrogen-bond acceptors (Lipinski definition) is 3. The van der Waals surface area contributed by atoms with Crippen molar-refractivity contribution < 1.29 is 9.47 Å². The number of rotatable bonds is 3. The molecule has 1 N–H and O–H groups in total. The average molecular weight is 221 g/mol. The molecule has 1 heterocycles. The molecule has 88 valence electrons. The summed E-state index contributed by atoms with van der Waals surface area (Å²) in [6, 6.07) is 7.78. The summed E-state index contributed by atoms with van der Waals surface area (Å²) in [5, 5.41) is 3.44. The van der Waals surface area contributed by atoms with Crippen molar-refractivity contribution in [2.75, 3.05) is 13.7 Å². The average Bonchev–Trinajstić information content (AvgIpc) is 2.59. The van der Waals surface area contributed by atoms with E-state index in [-0.39, 0.29) is 11.6 Å². The molecule has 1 unspecified atom stereocenters. The first-order valence-corrected chi connectivity index (χ1v) is 5.65. The second-order valence-electron chi connectivity index (χ2n) is 4.86. The van der Waals surface area contributed by atoms with Crippen molar-refractivity contribution in [2.24, 2.45) is 0 Å². The molecule has 1 aliphatic rings. The third-order valence-electron chi connectivity index (χ3n) is 2.91. The molecule has 0 radical (unpaired) electrons. The highest BCUT2D eigenvalue weighted by atomic mass is 16.5. The van der Waals surface area contributed by atoms with Gasteiger partial charge >= 0.3 is 0 Å². The van der Waals surface area contributed by atoms with Gasteiger partial charge in [0.2, 0.25) is 0 Å². The Kier molecular flexibility index (Phi) is 3.06. The zero-order valence-corrected chi connectivity index (χ0v) is 10.1. The van der Waals surface area contributed by atoms with E-state index in [4.69, 9.17) is 9.47 Å². The van der Waals surface area contributed by atoms with Gasteiger partial charge in [-0.15, -0.1) is 0 Å². The number of nitrogens with one attached hydrogen (secondary N) is 1.